The molecular formula is C20H24BClO3. The van der Waals surface area contributed by atoms with Crippen molar-refractivity contribution >= 4 is 24.2 Å². The highest BCUT2D eigenvalue weighted by Crippen LogP contribution is 2.37. The molecule has 2 aromatic carbocycles. The van der Waals surface area contributed by atoms with Crippen LogP contribution >= 0.6 is 11.6 Å². The Labute approximate surface area is 155 Å². The van der Waals surface area contributed by atoms with Gasteiger partial charge in [-0.1, -0.05) is 48.0 Å². The Bertz CT molecular complexity index is 753. The van der Waals surface area contributed by atoms with Gasteiger partial charge in [0.05, 0.1) is 11.2 Å². The lowest BCUT2D eigenvalue weighted by molar-refractivity contribution is 0.00578. The SMILES string of the molecule is CC(O)(c1ccc(B2OC(C)(C)C(C)(C)O2)cc1)c1cccc(Cl)c1. The highest BCUT2D eigenvalue weighted by atomic mass is 35.5. The van der Waals surface area contributed by atoms with Crippen LogP contribution in [0.1, 0.15) is 45.7 Å². The first-order valence-electron chi connectivity index (χ1n) is 8.47. The normalized spacial score (nSPS) is 21.2. The van der Waals surface area contributed by atoms with Crippen LogP contribution in [0.15, 0.2) is 48.5 Å². The highest BCUT2D eigenvalue weighted by molar-refractivity contribution is 6.62. The summed E-state index contributed by atoms with van der Waals surface area (Å²) in [5.74, 6) is 0. The molecule has 2 aromatic rings. The zero-order chi connectivity index (χ0) is 18.5. The van der Waals surface area contributed by atoms with Crippen molar-refractivity contribution in [2.24, 2.45) is 0 Å². The van der Waals surface area contributed by atoms with E-state index in [2.05, 4.69) is 0 Å². The smallest absolute Gasteiger partial charge is 0.399 e. The van der Waals surface area contributed by atoms with Crippen LogP contribution in [0.2, 0.25) is 5.02 Å². The summed E-state index contributed by atoms with van der Waals surface area (Å²) in [5.41, 5.74) is 0.604. The van der Waals surface area contributed by atoms with Crippen molar-refractivity contribution in [1.29, 1.82) is 0 Å². The zero-order valence-corrected chi connectivity index (χ0v) is 16.1. The average Bonchev–Trinajstić information content (AvgIpc) is 2.75. The zero-order valence-electron chi connectivity index (χ0n) is 15.3. The minimum absolute atomic E-state index is 0.372. The molecule has 0 bridgehead atoms. The summed E-state index contributed by atoms with van der Waals surface area (Å²) in [7, 11) is -0.407. The molecule has 0 aromatic heterocycles. The second kappa shape index (κ2) is 6.13. The molecule has 1 aliphatic heterocycles. The maximum Gasteiger partial charge on any atom is 0.494 e. The van der Waals surface area contributed by atoms with E-state index in [0.29, 0.717) is 5.02 Å². The van der Waals surface area contributed by atoms with E-state index in [1.54, 1.807) is 19.1 Å². The lowest BCUT2D eigenvalue weighted by Gasteiger charge is -2.32. The van der Waals surface area contributed by atoms with Crippen molar-refractivity contribution < 1.29 is 14.4 Å². The van der Waals surface area contributed by atoms with E-state index >= 15 is 0 Å². The van der Waals surface area contributed by atoms with Gasteiger partial charge >= 0.3 is 7.12 Å². The van der Waals surface area contributed by atoms with Crippen molar-refractivity contribution in [2.45, 2.75) is 51.4 Å². The molecule has 1 atom stereocenters. The van der Waals surface area contributed by atoms with E-state index in [1.165, 1.54) is 0 Å². The van der Waals surface area contributed by atoms with Crippen LogP contribution in [0.3, 0.4) is 0 Å². The van der Waals surface area contributed by atoms with Crippen LogP contribution in [0.25, 0.3) is 0 Å². The Morgan fingerprint density at radius 1 is 0.920 bits per heavy atom. The van der Waals surface area contributed by atoms with Gasteiger partial charge in [-0.3, -0.25) is 0 Å². The fraction of sp³-hybridized carbons (Fsp3) is 0.400. The Morgan fingerprint density at radius 2 is 1.48 bits per heavy atom. The molecule has 1 heterocycles. The molecule has 0 spiro atoms. The van der Waals surface area contributed by atoms with Gasteiger partial charge in [0.2, 0.25) is 0 Å². The van der Waals surface area contributed by atoms with Gasteiger partial charge < -0.3 is 14.4 Å². The van der Waals surface area contributed by atoms with Gasteiger partial charge in [0, 0.05) is 5.02 Å². The molecule has 0 saturated carbocycles. The van der Waals surface area contributed by atoms with Crippen molar-refractivity contribution in [3.63, 3.8) is 0 Å². The van der Waals surface area contributed by atoms with Crippen LogP contribution in [-0.4, -0.2) is 23.4 Å². The predicted octanol–water partition coefficient (Wildman–Crippen LogP) is 3.90. The van der Waals surface area contributed by atoms with Crippen LogP contribution < -0.4 is 5.46 Å². The van der Waals surface area contributed by atoms with E-state index in [1.807, 2.05) is 64.1 Å². The molecule has 1 unspecified atom stereocenters. The quantitative estimate of drug-likeness (QED) is 0.846. The fourth-order valence-corrected chi connectivity index (χ4v) is 3.09. The largest absolute Gasteiger partial charge is 0.494 e. The van der Waals surface area contributed by atoms with Crippen molar-refractivity contribution in [3.8, 4) is 0 Å². The van der Waals surface area contributed by atoms with Crippen LogP contribution in [0.4, 0.5) is 0 Å². The third-order valence-corrected chi connectivity index (χ3v) is 5.62. The van der Waals surface area contributed by atoms with E-state index < -0.39 is 12.7 Å². The lowest BCUT2D eigenvalue weighted by atomic mass is 9.77. The minimum atomic E-state index is -1.13. The number of rotatable bonds is 3. The number of halogens is 1. The average molecular weight is 359 g/mol. The van der Waals surface area contributed by atoms with Crippen LogP contribution in [0, 0.1) is 0 Å². The summed E-state index contributed by atoms with van der Waals surface area (Å²) in [6, 6.07) is 15.0. The summed E-state index contributed by atoms with van der Waals surface area (Å²) in [4.78, 5) is 0. The van der Waals surface area contributed by atoms with Gasteiger partial charge in [0.15, 0.2) is 0 Å². The second-order valence-electron chi connectivity index (χ2n) is 7.79. The van der Waals surface area contributed by atoms with E-state index in [0.717, 1.165) is 16.6 Å². The minimum Gasteiger partial charge on any atom is -0.399 e. The van der Waals surface area contributed by atoms with Crippen molar-refractivity contribution in [2.75, 3.05) is 0 Å². The molecule has 1 aliphatic rings. The third kappa shape index (κ3) is 3.36. The fourth-order valence-electron chi connectivity index (χ4n) is 2.90. The van der Waals surface area contributed by atoms with E-state index in [-0.39, 0.29) is 11.2 Å². The monoisotopic (exact) mass is 358 g/mol. The van der Waals surface area contributed by atoms with Crippen LogP contribution in [-0.2, 0) is 14.9 Å². The molecule has 0 amide bonds. The standard InChI is InChI=1S/C20H24BClO3/c1-18(2)19(3,4)25-21(24-18)16-11-9-14(10-12-16)20(5,23)15-7-6-8-17(22)13-15/h6-13,23H,1-5H3. The van der Waals surface area contributed by atoms with Gasteiger partial charge in [-0.15, -0.1) is 0 Å². The topological polar surface area (TPSA) is 38.7 Å². The van der Waals surface area contributed by atoms with E-state index in [4.69, 9.17) is 20.9 Å². The number of hydrogen-bond acceptors (Lipinski definition) is 3. The molecule has 1 fully saturated rings. The van der Waals surface area contributed by atoms with Gasteiger partial charge in [0.25, 0.3) is 0 Å². The second-order valence-corrected chi connectivity index (χ2v) is 8.23. The Balaban J connectivity index is 1.86. The highest BCUT2D eigenvalue weighted by Gasteiger charge is 2.51. The van der Waals surface area contributed by atoms with Crippen LogP contribution in [0.5, 0.6) is 0 Å². The molecule has 25 heavy (non-hydrogen) atoms. The summed E-state index contributed by atoms with van der Waals surface area (Å²) in [5, 5.41) is 11.6. The Hall–Kier alpha value is -1.33. The molecule has 3 nitrogen and oxygen atoms in total. The van der Waals surface area contributed by atoms with Crippen molar-refractivity contribution in [1.82, 2.24) is 0 Å². The molecular weight excluding hydrogens is 334 g/mol. The maximum atomic E-state index is 11.0. The number of benzene rings is 2. The van der Waals surface area contributed by atoms with Gasteiger partial charge in [-0.25, -0.2) is 0 Å². The maximum absolute atomic E-state index is 11.0. The molecule has 5 heteroatoms. The Morgan fingerprint density at radius 3 is 2.00 bits per heavy atom. The molecule has 1 saturated heterocycles. The summed E-state index contributed by atoms with van der Waals surface area (Å²) >= 11 is 6.06. The summed E-state index contributed by atoms with van der Waals surface area (Å²) in [6.07, 6.45) is 0. The Kier molecular flexibility index (Phi) is 4.53. The third-order valence-electron chi connectivity index (χ3n) is 5.38. The molecule has 3 rings (SSSR count). The molecule has 0 radical (unpaired) electrons. The van der Waals surface area contributed by atoms with Gasteiger partial charge in [0.1, 0.15) is 5.60 Å². The first-order valence-corrected chi connectivity index (χ1v) is 8.85. The number of hydrogen-bond donors (Lipinski definition) is 1. The summed E-state index contributed by atoms with van der Waals surface area (Å²) in [6.45, 7) is 9.90. The summed E-state index contributed by atoms with van der Waals surface area (Å²) < 4.78 is 12.1. The van der Waals surface area contributed by atoms with Gasteiger partial charge in [-0.05, 0) is 63.3 Å². The lowest BCUT2D eigenvalue weighted by Crippen LogP contribution is -2.41. The van der Waals surface area contributed by atoms with E-state index in [9.17, 15) is 5.11 Å². The first kappa shape index (κ1) is 18.5. The molecule has 0 aliphatic carbocycles. The molecule has 1 N–H and O–H groups in total. The molecule has 132 valence electrons. The number of aliphatic hydroxyl groups is 1. The van der Waals surface area contributed by atoms with Crippen molar-refractivity contribution in [3.05, 3.63) is 64.7 Å². The predicted molar refractivity (Wildman–Crippen MR) is 102 cm³/mol. The van der Waals surface area contributed by atoms with Gasteiger partial charge in [-0.2, -0.15) is 0 Å². The first-order chi connectivity index (χ1) is 11.5.